The summed E-state index contributed by atoms with van der Waals surface area (Å²) in [4.78, 5) is 0. The molecule has 1 aliphatic heterocycles. The Morgan fingerprint density at radius 1 is 1.36 bits per heavy atom. The molecule has 2 heteroatoms. The Morgan fingerprint density at radius 2 is 2.00 bits per heavy atom. The third-order valence-electron chi connectivity index (χ3n) is 2.55. The minimum atomic E-state index is 0.266. The maximum absolute atomic E-state index is 9.02. The van der Waals surface area contributed by atoms with E-state index in [0.29, 0.717) is 11.8 Å². The zero-order valence-electron chi connectivity index (χ0n) is 7.63. The average molecular weight is 158 g/mol. The SMILES string of the molecule is CC(C)(C)C1COCC1CO. The molecule has 1 fully saturated rings. The highest BCUT2D eigenvalue weighted by atomic mass is 16.5. The van der Waals surface area contributed by atoms with Crippen LogP contribution >= 0.6 is 0 Å². The summed E-state index contributed by atoms with van der Waals surface area (Å²) in [5.41, 5.74) is 0.268. The number of aliphatic hydroxyl groups excluding tert-OH is 1. The third-order valence-corrected chi connectivity index (χ3v) is 2.55. The summed E-state index contributed by atoms with van der Waals surface area (Å²) in [7, 11) is 0. The Labute approximate surface area is 68.6 Å². The summed E-state index contributed by atoms with van der Waals surface area (Å²) in [5, 5.41) is 9.02. The smallest absolute Gasteiger partial charge is 0.0520 e. The lowest BCUT2D eigenvalue weighted by Gasteiger charge is -2.29. The molecule has 0 aromatic carbocycles. The van der Waals surface area contributed by atoms with Crippen molar-refractivity contribution in [2.75, 3.05) is 19.8 Å². The van der Waals surface area contributed by atoms with Crippen LogP contribution in [-0.2, 0) is 4.74 Å². The van der Waals surface area contributed by atoms with Gasteiger partial charge in [0.05, 0.1) is 13.2 Å². The van der Waals surface area contributed by atoms with Gasteiger partial charge in [-0.2, -0.15) is 0 Å². The van der Waals surface area contributed by atoms with Gasteiger partial charge in [0.15, 0.2) is 0 Å². The van der Waals surface area contributed by atoms with E-state index >= 15 is 0 Å². The highest BCUT2D eigenvalue weighted by Gasteiger charge is 2.36. The fraction of sp³-hybridized carbons (Fsp3) is 1.00. The zero-order valence-corrected chi connectivity index (χ0v) is 7.63. The largest absolute Gasteiger partial charge is 0.396 e. The molecule has 11 heavy (non-hydrogen) atoms. The van der Waals surface area contributed by atoms with Crippen molar-refractivity contribution in [3.05, 3.63) is 0 Å². The Morgan fingerprint density at radius 3 is 2.36 bits per heavy atom. The van der Waals surface area contributed by atoms with Crippen molar-refractivity contribution in [1.82, 2.24) is 0 Å². The standard InChI is InChI=1S/C9H18O2/c1-9(2,3)8-6-11-5-7(8)4-10/h7-8,10H,4-6H2,1-3H3. The topological polar surface area (TPSA) is 29.5 Å². The molecular weight excluding hydrogens is 140 g/mol. The van der Waals surface area contributed by atoms with Crippen LogP contribution in [0.2, 0.25) is 0 Å². The van der Waals surface area contributed by atoms with Gasteiger partial charge in [-0.1, -0.05) is 20.8 Å². The van der Waals surface area contributed by atoms with Gasteiger partial charge in [0.1, 0.15) is 0 Å². The summed E-state index contributed by atoms with van der Waals surface area (Å²) in [5.74, 6) is 0.877. The van der Waals surface area contributed by atoms with E-state index in [1.165, 1.54) is 0 Å². The first-order valence-electron chi connectivity index (χ1n) is 4.24. The third kappa shape index (κ3) is 1.94. The monoisotopic (exact) mass is 158 g/mol. The van der Waals surface area contributed by atoms with Crippen LogP contribution in [-0.4, -0.2) is 24.9 Å². The molecule has 1 N–H and O–H groups in total. The second kappa shape index (κ2) is 3.11. The van der Waals surface area contributed by atoms with Crippen LogP contribution in [0.4, 0.5) is 0 Å². The van der Waals surface area contributed by atoms with Gasteiger partial charge in [-0.3, -0.25) is 0 Å². The summed E-state index contributed by atoms with van der Waals surface area (Å²) < 4.78 is 5.33. The Kier molecular flexibility index (Phi) is 2.55. The number of hydrogen-bond acceptors (Lipinski definition) is 2. The molecule has 2 nitrogen and oxygen atoms in total. The maximum atomic E-state index is 9.02. The van der Waals surface area contributed by atoms with Crippen molar-refractivity contribution in [1.29, 1.82) is 0 Å². The summed E-state index contributed by atoms with van der Waals surface area (Å²) >= 11 is 0. The quantitative estimate of drug-likeness (QED) is 0.623. The molecule has 2 unspecified atom stereocenters. The Hall–Kier alpha value is -0.0800. The van der Waals surface area contributed by atoms with Crippen LogP contribution in [0.3, 0.4) is 0 Å². The Bertz CT molecular complexity index is 126. The normalized spacial score (nSPS) is 32.7. The van der Waals surface area contributed by atoms with Crippen LogP contribution in [0, 0.1) is 17.3 Å². The van der Waals surface area contributed by atoms with Gasteiger partial charge < -0.3 is 9.84 Å². The first-order chi connectivity index (χ1) is 5.05. The van der Waals surface area contributed by atoms with E-state index in [-0.39, 0.29) is 12.0 Å². The average Bonchev–Trinajstić information content (AvgIpc) is 2.31. The van der Waals surface area contributed by atoms with Gasteiger partial charge in [-0.15, -0.1) is 0 Å². The second-order valence-electron chi connectivity index (χ2n) is 4.45. The molecule has 0 spiro atoms. The molecule has 0 aromatic heterocycles. The van der Waals surface area contributed by atoms with Crippen molar-refractivity contribution < 1.29 is 9.84 Å². The van der Waals surface area contributed by atoms with Crippen LogP contribution in [0.25, 0.3) is 0 Å². The van der Waals surface area contributed by atoms with E-state index in [1.54, 1.807) is 0 Å². The molecule has 0 aromatic rings. The molecule has 0 bridgehead atoms. The molecule has 1 heterocycles. The van der Waals surface area contributed by atoms with E-state index in [0.717, 1.165) is 13.2 Å². The van der Waals surface area contributed by atoms with Crippen molar-refractivity contribution in [3.63, 3.8) is 0 Å². The predicted octanol–water partition coefficient (Wildman–Crippen LogP) is 1.29. The number of rotatable bonds is 1. The molecule has 1 aliphatic rings. The first kappa shape index (κ1) is 9.01. The highest BCUT2D eigenvalue weighted by molar-refractivity contribution is 4.83. The van der Waals surface area contributed by atoms with Crippen molar-refractivity contribution >= 4 is 0 Å². The van der Waals surface area contributed by atoms with E-state index in [2.05, 4.69) is 20.8 Å². The Balaban J connectivity index is 2.57. The van der Waals surface area contributed by atoms with Gasteiger partial charge in [0, 0.05) is 12.5 Å². The van der Waals surface area contributed by atoms with Crippen LogP contribution in [0.15, 0.2) is 0 Å². The van der Waals surface area contributed by atoms with E-state index < -0.39 is 0 Å². The molecule has 66 valence electrons. The highest BCUT2D eigenvalue weighted by Crippen LogP contribution is 2.36. The lowest BCUT2D eigenvalue weighted by Crippen LogP contribution is -2.29. The molecule has 0 saturated carbocycles. The lowest BCUT2D eigenvalue weighted by molar-refractivity contribution is 0.134. The van der Waals surface area contributed by atoms with Gasteiger partial charge in [-0.25, -0.2) is 0 Å². The lowest BCUT2D eigenvalue weighted by atomic mass is 9.75. The second-order valence-corrected chi connectivity index (χ2v) is 4.45. The minimum Gasteiger partial charge on any atom is -0.396 e. The summed E-state index contributed by atoms with van der Waals surface area (Å²) in [6.07, 6.45) is 0. The molecule has 1 saturated heterocycles. The van der Waals surface area contributed by atoms with E-state index in [4.69, 9.17) is 9.84 Å². The molecular formula is C9H18O2. The summed E-state index contributed by atoms with van der Waals surface area (Å²) in [6, 6.07) is 0. The van der Waals surface area contributed by atoms with Gasteiger partial charge >= 0.3 is 0 Å². The van der Waals surface area contributed by atoms with Crippen molar-refractivity contribution in [2.45, 2.75) is 20.8 Å². The fourth-order valence-electron chi connectivity index (χ4n) is 1.74. The van der Waals surface area contributed by atoms with Crippen molar-refractivity contribution in [3.8, 4) is 0 Å². The fourth-order valence-corrected chi connectivity index (χ4v) is 1.74. The molecule has 1 rings (SSSR count). The molecule has 0 aliphatic carbocycles. The van der Waals surface area contributed by atoms with E-state index in [9.17, 15) is 0 Å². The predicted molar refractivity (Wildman–Crippen MR) is 44.3 cm³/mol. The summed E-state index contributed by atoms with van der Waals surface area (Å²) in [6.45, 7) is 8.42. The van der Waals surface area contributed by atoms with Crippen molar-refractivity contribution in [2.24, 2.45) is 17.3 Å². The minimum absolute atomic E-state index is 0.266. The van der Waals surface area contributed by atoms with Gasteiger partial charge in [0.2, 0.25) is 0 Å². The van der Waals surface area contributed by atoms with E-state index in [1.807, 2.05) is 0 Å². The molecule has 2 atom stereocenters. The molecule has 0 radical (unpaired) electrons. The first-order valence-corrected chi connectivity index (χ1v) is 4.24. The maximum Gasteiger partial charge on any atom is 0.0520 e. The van der Waals surface area contributed by atoms with Crippen LogP contribution in [0.5, 0.6) is 0 Å². The van der Waals surface area contributed by atoms with Gasteiger partial charge in [0.25, 0.3) is 0 Å². The van der Waals surface area contributed by atoms with Crippen LogP contribution < -0.4 is 0 Å². The number of hydrogen-bond donors (Lipinski definition) is 1. The molecule has 0 amide bonds. The number of aliphatic hydroxyl groups is 1. The number of ether oxygens (including phenoxy) is 1. The van der Waals surface area contributed by atoms with Gasteiger partial charge in [-0.05, 0) is 11.3 Å². The van der Waals surface area contributed by atoms with Crippen LogP contribution in [0.1, 0.15) is 20.8 Å². The zero-order chi connectivity index (χ0) is 8.48.